The van der Waals surface area contributed by atoms with Gasteiger partial charge in [0.1, 0.15) is 22.8 Å². The largest absolute Gasteiger partial charge is 0.462 e. The van der Waals surface area contributed by atoms with Gasteiger partial charge in [-0.25, -0.2) is 18.4 Å². The lowest BCUT2D eigenvalue weighted by molar-refractivity contribution is 0.0477. The molecule has 0 radical (unpaired) electrons. The molecule has 0 fully saturated rings. The molecule has 0 bridgehead atoms. The van der Waals surface area contributed by atoms with Crippen LogP contribution >= 0.6 is 22.7 Å². The van der Waals surface area contributed by atoms with Crippen molar-refractivity contribution in [3.05, 3.63) is 56.8 Å². The number of rotatable bonds is 54. The Bertz CT molecular complexity index is 1850. The van der Waals surface area contributed by atoms with Crippen molar-refractivity contribution in [3.63, 3.8) is 0 Å². The first-order chi connectivity index (χ1) is 39.2. The smallest absolute Gasteiger partial charge is 0.341 e. The second-order valence-corrected chi connectivity index (χ2v) is 26.2. The van der Waals surface area contributed by atoms with E-state index in [9.17, 15) is 9.59 Å². The van der Waals surface area contributed by atoms with Crippen LogP contribution in [0, 0.1) is 23.5 Å². The molecule has 0 aliphatic rings. The van der Waals surface area contributed by atoms with Crippen LogP contribution in [0.2, 0.25) is 0 Å². The van der Waals surface area contributed by atoms with Crippen LogP contribution in [0.4, 0.5) is 8.78 Å². The molecule has 0 saturated heterocycles. The van der Waals surface area contributed by atoms with Crippen molar-refractivity contribution < 1.29 is 27.8 Å². The Labute approximate surface area is 499 Å². The SMILES string of the molecule is CCCCCCCCCCCCC(CCCCCCCCCC)Cc1csc(-c2c(F)c(C(=O)OCCCC)c(-c3cc(CC(CCCCCCCCCC)CCCCCCCCCCCC)cs3)c(F)c2C(=O)OCCCC)c1. The summed E-state index contributed by atoms with van der Waals surface area (Å²) in [7, 11) is 0. The predicted octanol–water partition coefficient (Wildman–Crippen LogP) is 25.3. The molecule has 0 spiro atoms. The summed E-state index contributed by atoms with van der Waals surface area (Å²) in [5.74, 6) is -2.61. The molecule has 2 atom stereocenters. The minimum absolute atomic E-state index is 0.101. The molecular weight excluding hydrogens is 1030 g/mol. The van der Waals surface area contributed by atoms with Gasteiger partial charge < -0.3 is 9.47 Å². The second-order valence-electron chi connectivity index (χ2n) is 24.4. The van der Waals surface area contributed by atoms with E-state index >= 15 is 8.78 Å². The summed E-state index contributed by atoms with van der Waals surface area (Å²) in [4.78, 5) is 29.5. The molecule has 2 aromatic heterocycles. The minimum Gasteiger partial charge on any atom is -0.462 e. The van der Waals surface area contributed by atoms with E-state index in [-0.39, 0.29) is 24.3 Å². The van der Waals surface area contributed by atoms with Crippen LogP contribution in [0.3, 0.4) is 0 Å². The van der Waals surface area contributed by atoms with E-state index < -0.39 is 34.7 Å². The highest BCUT2D eigenvalue weighted by atomic mass is 32.1. The average molecular weight is 1150 g/mol. The molecule has 0 N–H and O–H groups in total. The molecule has 1 aromatic carbocycles. The van der Waals surface area contributed by atoms with Gasteiger partial charge >= 0.3 is 11.9 Å². The topological polar surface area (TPSA) is 52.6 Å². The number of carbonyl (C=O) groups excluding carboxylic acids is 2. The summed E-state index contributed by atoms with van der Waals surface area (Å²) in [5, 5.41) is 4.13. The van der Waals surface area contributed by atoms with Crippen molar-refractivity contribution in [2.45, 2.75) is 337 Å². The van der Waals surface area contributed by atoms with Crippen LogP contribution in [0.25, 0.3) is 20.9 Å². The second kappa shape index (κ2) is 47.7. The van der Waals surface area contributed by atoms with Gasteiger partial charge in [0.2, 0.25) is 0 Å². The maximum atomic E-state index is 18.0. The third-order valence-electron chi connectivity index (χ3n) is 17.0. The van der Waals surface area contributed by atoms with Crippen molar-refractivity contribution in [3.8, 4) is 20.9 Å². The Kier molecular flexibility index (Phi) is 42.8. The molecule has 3 rings (SSSR count). The van der Waals surface area contributed by atoms with Crippen molar-refractivity contribution in [2.75, 3.05) is 13.2 Å². The summed E-state index contributed by atoms with van der Waals surface area (Å²) >= 11 is 2.66. The van der Waals surface area contributed by atoms with Crippen LogP contribution < -0.4 is 0 Å². The summed E-state index contributed by atoms with van der Waals surface area (Å²) in [6.45, 7) is 13.3. The third-order valence-corrected chi connectivity index (χ3v) is 19.0. The standard InChI is InChI=1S/C72H120F2O4S2/c1-7-13-19-23-27-31-33-37-41-45-49-59(47-43-39-35-29-25-21-15-9-3)53-61-55-63(79-57-61)65-67(71(75)77-51-17-11-5)70(74)66(68(69(65)73)72(76)78-52-18-12-6)64-56-62(58-80-64)54-60(48-44-40-36-30-26-22-16-10-4)50-46-42-38-34-32-28-24-20-14-8-2/h55-60H,7-54H2,1-6H3. The van der Waals surface area contributed by atoms with E-state index in [0.29, 0.717) is 34.4 Å². The zero-order valence-corrected chi connectivity index (χ0v) is 54.2. The summed E-state index contributed by atoms with van der Waals surface area (Å²) in [6, 6.07) is 3.92. The van der Waals surface area contributed by atoms with Gasteiger partial charge in [-0.1, -0.05) is 311 Å². The van der Waals surface area contributed by atoms with Crippen LogP contribution in [0.5, 0.6) is 0 Å². The molecule has 2 unspecified atom stereocenters. The highest BCUT2D eigenvalue weighted by Gasteiger charge is 2.35. The fourth-order valence-corrected chi connectivity index (χ4v) is 13.8. The quantitative estimate of drug-likeness (QED) is 0.0417. The van der Waals surface area contributed by atoms with Gasteiger partial charge in [-0.15, -0.1) is 22.7 Å². The van der Waals surface area contributed by atoms with E-state index in [0.717, 1.165) is 62.5 Å². The van der Waals surface area contributed by atoms with Crippen molar-refractivity contribution in [1.29, 1.82) is 0 Å². The van der Waals surface area contributed by atoms with Crippen LogP contribution in [0.1, 0.15) is 356 Å². The van der Waals surface area contributed by atoms with Gasteiger partial charge in [0.25, 0.3) is 0 Å². The zero-order valence-electron chi connectivity index (χ0n) is 52.6. The molecule has 4 nitrogen and oxygen atoms in total. The van der Waals surface area contributed by atoms with Gasteiger partial charge in [-0.05, 0) is 71.5 Å². The first-order valence-electron chi connectivity index (χ1n) is 34.3. The van der Waals surface area contributed by atoms with E-state index in [4.69, 9.17) is 9.47 Å². The zero-order chi connectivity index (χ0) is 57.7. The number of benzene rings is 1. The van der Waals surface area contributed by atoms with Crippen LogP contribution in [-0.4, -0.2) is 25.2 Å². The lowest BCUT2D eigenvalue weighted by atomic mass is 9.88. The summed E-state index contributed by atoms with van der Waals surface area (Å²) in [6.07, 6.45) is 55.9. The number of hydrogen-bond donors (Lipinski definition) is 0. The van der Waals surface area contributed by atoms with E-state index in [1.165, 1.54) is 254 Å². The van der Waals surface area contributed by atoms with Crippen molar-refractivity contribution in [1.82, 2.24) is 0 Å². The first-order valence-corrected chi connectivity index (χ1v) is 36.0. The molecule has 0 aliphatic carbocycles. The lowest BCUT2D eigenvalue weighted by Crippen LogP contribution is -2.18. The highest BCUT2D eigenvalue weighted by Crippen LogP contribution is 2.44. The number of esters is 2. The number of carbonyl (C=O) groups is 2. The molecule has 0 saturated carbocycles. The molecule has 0 aliphatic heterocycles. The molecule has 2 heterocycles. The van der Waals surface area contributed by atoms with Gasteiger partial charge in [0.05, 0.1) is 13.2 Å². The monoisotopic (exact) mass is 1150 g/mol. The molecule has 8 heteroatoms. The molecule has 3 aromatic rings. The number of hydrogen-bond acceptors (Lipinski definition) is 6. The van der Waals surface area contributed by atoms with E-state index in [1.54, 1.807) is 0 Å². The maximum absolute atomic E-state index is 18.0. The normalized spacial score (nSPS) is 12.4. The average Bonchev–Trinajstić information content (AvgIpc) is 4.28. The number of thiophene rings is 2. The Hall–Kier alpha value is -2.58. The minimum atomic E-state index is -0.900. The van der Waals surface area contributed by atoms with E-state index in [2.05, 4.69) is 38.5 Å². The van der Waals surface area contributed by atoms with Gasteiger partial charge in [0, 0.05) is 20.9 Å². The van der Waals surface area contributed by atoms with Gasteiger partial charge in [-0.3, -0.25) is 0 Å². The predicted molar refractivity (Wildman–Crippen MR) is 345 cm³/mol. The number of halogens is 2. The Morgan fingerprint density at radius 2 is 0.600 bits per heavy atom. The maximum Gasteiger partial charge on any atom is 0.341 e. The first kappa shape index (κ1) is 71.7. The molecule has 80 heavy (non-hydrogen) atoms. The summed E-state index contributed by atoms with van der Waals surface area (Å²) in [5.41, 5.74) is 0.946. The third kappa shape index (κ3) is 30.3. The summed E-state index contributed by atoms with van der Waals surface area (Å²) < 4.78 is 47.5. The van der Waals surface area contributed by atoms with Crippen LogP contribution in [-0.2, 0) is 22.3 Å². The van der Waals surface area contributed by atoms with Crippen molar-refractivity contribution >= 4 is 34.6 Å². The fraction of sp³-hybridized carbons (Fsp3) is 0.778. The molecule has 0 amide bonds. The number of ether oxygens (including phenoxy) is 2. The van der Waals surface area contributed by atoms with Crippen LogP contribution in [0.15, 0.2) is 22.9 Å². The van der Waals surface area contributed by atoms with Crippen molar-refractivity contribution in [2.24, 2.45) is 11.8 Å². The molecular formula is C72H120F2O4S2. The molecule has 458 valence electrons. The lowest BCUT2D eigenvalue weighted by Gasteiger charge is -2.18. The Morgan fingerprint density at radius 1 is 0.362 bits per heavy atom. The van der Waals surface area contributed by atoms with E-state index in [1.807, 2.05) is 26.0 Å². The number of unbranched alkanes of at least 4 members (excludes halogenated alkanes) is 34. The van der Waals surface area contributed by atoms with Gasteiger partial charge in [-0.2, -0.15) is 0 Å². The Morgan fingerprint density at radius 3 is 0.850 bits per heavy atom. The van der Waals surface area contributed by atoms with Gasteiger partial charge in [0.15, 0.2) is 0 Å². The highest BCUT2D eigenvalue weighted by molar-refractivity contribution is 7.14. The Balaban J connectivity index is 1.97. The fourth-order valence-electron chi connectivity index (χ4n) is 11.9.